The maximum absolute atomic E-state index is 11.6. The van der Waals surface area contributed by atoms with E-state index in [9.17, 15) is 9.59 Å². The molecule has 1 aliphatic carbocycles. The zero-order chi connectivity index (χ0) is 12.1. The summed E-state index contributed by atoms with van der Waals surface area (Å²) in [5.41, 5.74) is -0.627. The fraction of sp³-hybridized carbons (Fsp3) is 0.818. The summed E-state index contributed by atoms with van der Waals surface area (Å²) < 4.78 is 5.20. The largest absolute Gasteiger partial charge is 0.481 e. The number of hydrogen-bond donors (Lipinski definition) is 1. The van der Waals surface area contributed by atoms with E-state index < -0.39 is 11.6 Å². The quantitative estimate of drug-likeness (QED) is 0.733. The molecule has 0 bridgehead atoms. The summed E-state index contributed by atoms with van der Waals surface area (Å²) in [6.07, 6.45) is 0.357. The van der Waals surface area contributed by atoms with Crippen molar-refractivity contribution in [2.75, 3.05) is 13.1 Å². The smallest absolute Gasteiger partial charge is 0.410 e. The van der Waals surface area contributed by atoms with Gasteiger partial charge in [0, 0.05) is 18.5 Å². The summed E-state index contributed by atoms with van der Waals surface area (Å²) in [7, 11) is 0. The highest BCUT2D eigenvalue weighted by molar-refractivity contribution is 5.77. The lowest BCUT2D eigenvalue weighted by Crippen LogP contribution is -2.54. The van der Waals surface area contributed by atoms with Crippen LogP contribution in [-0.2, 0) is 9.53 Å². The van der Waals surface area contributed by atoms with E-state index in [-0.39, 0.29) is 17.4 Å². The number of carboxylic acid groups (broad SMARTS) is 1. The van der Waals surface area contributed by atoms with Crippen LogP contribution in [-0.4, -0.2) is 40.8 Å². The molecule has 0 aromatic rings. The van der Waals surface area contributed by atoms with Crippen molar-refractivity contribution >= 4 is 12.1 Å². The van der Waals surface area contributed by atoms with Gasteiger partial charge in [0.2, 0.25) is 0 Å². The first-order valence-electron chi connectivity index (χ1n) is 5.44. The van der Waals surface area contributed by atoms with Crippen LogP contribution in [0.5, 0.6) is 0 Å². The molecule has 2 rings (SSSR count). The van der Waals surface area contributed by atoms with E-state index in [2.05, 4.69) is 0 Å². The molecule has 1 atom stereocenters. The first-order valence-corrected chi connectivity index (χ1v) is 5.44. The second-order valence-corrected chi connectivity index (χ2v) is 5.79. The molecule has 1 saturated heterocycles. The van der Waals surface area contributed by atoms with Crippen molar-refractivity contribution in [3.8, 4) is 0 Å². The molecule has 2 aliphatic rings. The molecule has 1 spiro atoms. The third-order valence-corrected chi connectivity index (χ3v) is 3.15. The Hall–Kier alpha value is -1.26. The van der Waals surface area contributed by atoms with Crippen LogP contribution >= 0.6 is 0 Å². The second-order valence-electron chi connectivity index (χ2n) is 5.79. The van der Waals surface area contributed by atoms with Crippen LogP contribution in [0.3, 0.4) is 0 Å². The van der Waals surface area contributed by atoms with Gasteiger partial charge >= 0.3 is 12.1 Å². The molecule has 0 radical (unpaired) electrons. The van der Waals surface area contributed by atoms with Gasteiger partial charge in [-0.1, -0.05) is 0 Å². The fourth-order valence-electron chi connectivity index (χ4n) is 2.22. The topological polar surface area (TPSA) is 66.8 Å². The SMILES string of the molecule is CC(C)(C)OC(=O)N1CC2(CC2C(=O)O)C1. The van der Waals surface area contributed by atoms with Crippen LogP contribution in [0.25, 0.3) is 0 Å². The molecular formula is C11H17NO4. The maximum Gasteiger partial charge on any atom is 0.410 e. The van der Waals surface area contributed by atoms with Gasteiger partial charge in [-0.2, -0.15) is 0 Å². The summed E-state index contributed by atoms with van der Waals surface area (Å²) in [4.78, 5) is 23.9. The number of rotatable bonds is 1. The number of likely N-dealkylation sites (tertiary alicyclic amines) is 1. The van der Waals surface area contributed by atoms with Crippen LogP contribution in [0.2, 0.25) is 0 Å². The molecule has 2 fully saturated rings. The highest BCUT2D eigenvalue weighted by Gasteiger charge is 2.66. The first kappa shape index (κ1) is 11.2. The summed E-state index contributed by atoms with van der Waals surface area (Å²) in [5, 5.41) is 8.83. The van der Waals surface area contributed by atoms with E-state index in [0.29, 0.717) is 19.5 Å². The molecule has 5 nitrogen and oxygen atoms in total. The molecule has 90 valence electrons. The predicted molar refractivity (Wildman–Crippen MR) is 56.0 cm³/mol. The predicted octanol–water partition coefficient (Wildman–Crippen LogP) is 1.33. The van der Waals surface area contributed by atoms with E-state index in [0.717, 1.165) is 0 Å². The number of carbonyl (C=O) groups excluding carboxylic acids is 1. The lowest BCUT2D eigenvalue weighted by molar-refractivity contribution is -0.140. The van der Waals surface area contributed by atoms with Crippen LogP contribution in [0.15, 0.2) is 0 Å². The minimum atomic E-state index is -0.746. The van der Waals surface area contributed by atoms with E-state index in [1.54, 1.807) is 4.90 Å². The van der Waals surface area contributed by atoms with E-state index in [1.807, 2.05) is 20.8 Å². The Kier molecular flexibility index (Phi) is 2.19. The van der Waals surface area contributed by atoms with Crippen molar-refractivity contribution in [2.45, 2.75) is 32.8 Å². The molecule has 1 amide bonds. The summed E-state index contributed by atoms with van der Waals surface area (Å²) in [5.74, 6) is -1.00. The lowest BCUT2D eigenvalue weighted by atomic mass is 9.94. The zero-order valence-electron chi connectivity index (χ0n) is 9.82. The molecule has 1 N–H and O–H groups in total. The van der Waals surface area contributed by atoms with E-state index in [1.165, 1.54) is 0 Å². The van der Waals surface area contributed by atoms with E-state index in [4.69, 9.17) is 9.84 Å². The van der Waals surface area contributed by atoms with E-state index >= 15 is 0 Å². The molecule has 1 saturated carbocycles. The van der Waals surface area contributed by atoms with Gasteiger partial charge < -0.3 is 14.7 Å². The van der Waals surface area contributed by atoms with Crippen molar-refractivity contribution in [3.63, 3.8) is 0 Å². The maximum atomic E-state index is 11.6. The minimum absolute atomic E-state index is 0.136. The van der Waals surface area contributed by atoms with Gasteiger partial charge in [0.25, 0.3) is 0 Å². The van der Waals surface area contributed by atoms with Gasteiger partial charge in [0.05, 0.1) is 5.92 Å². The average molecular weight is 227 g/mol. The summed E-state index contributed by atoms with van der Waals surface area (Å²) >= 11 is 0. The highest BCUT2D eigenvalue weighted by atomic mass is 16.6. The Morgan fingerprint density at radius 3 is 2.31 bits per heavy atom. The molecule has 0 aromatic carbocycles. The standard InChI is InChI=1S/C11H17NO4/c1-10(2,3)16-9(15)12-5-11(6-12)4-7(11)8(13)14/h7H,4-6H2,1-3H3,(H,13,14). The Morgan fingerprint density at radius 2 is 1.94 bits per heavy atom. The molecule has 1 heterocycles. The number of carboxylic acids is 1. The van der Waals surface area contributed by atoms with Gasteiger partial charge in [0.1, 0.15) is 5.60 Å². The monoisotopic (exact) mass is 227 g/mol. The number of ether oxygens (including phenoxy) is 1. The third-order valence-electron chi connectivity index (χ3n) is 3.15. The molecule has 5 heteroatoms. The molecular weight excluding hydrogens is 210 g/mol. The number of aliphatic carboxylic acids is 1. The zero-order valence-corrected chi connectivity index (χ0v) is 9.82. The van der Waals surface area contributed by atoms with Crippen molar-refractivity contribution in [2.24, 2.45) is 11.3 Å². The molecule has 0 aromatic heterocycles. The van der Waals surface area contributed by atoms with Crippen molar-refractivity contribution in [1.82, 2.24) is 4.90 Å². The normalized spacial score (nSPS) is 26.2. The number of carbonyl (C=O) groups is 2. The summed E-state index contributed by atoms with van der Waals surface area (Å²) in [6.45, 7) is 6.50. The Bertz CT molecular complexity index is 338. The number of hydrogen-bond acceptors (Lipinski definition) is 3. The van der Waals surface area contributed by atoms with Crippen molar-refractivity contribution in [3.05, 3.63) is 0 Å². The van der Waals surface area contributed by atoms with Gasteiger partial charge in [-0.25, -0.2) is 4.79 Å². The average Bonchev–Trinajstić information content (AvgIpc) is 2.71. The Labute approximate surface area is 94.4 Å². The van der Waals surface area contributed by atoms with Gasteiger partial charge in [0.15, 0.2) is 0 Å². The fourth-order valence-corrected chi connectivity index (χ4v) is 2.22. The molecule has 1 unspecified atom stereocenters. The number of nitrogens with zero attached hydrogens (tertiary/aromatic N) is 1. The van der Waals surface area contributed by atoms with Crippen LogP contribution in [0.4, 0.5) is 4.79 Å². The van der Waals surface area contributed by atoms with Crippen molar-refractivity contribution < 1.29 is 19.4 Å². The van der Waals surface area contributed by atoms with Gasteiger partial charge in [-0.3, -0.25) is 4.79 Å². The Balaban J connectivity index is 1.82. The summed E-state index contributed by atoms with van der Waals surface area (Å²) in [6, 6.07) is 0. The Morgan fingerprint density at radius 1 is 1.38 bits per heavy atom. The van der Waals surface area contributed by atoms with Crippen LogP contribution < -0.4 is 0 Å². The third kappa shape index (κ3) is 1.86. The lowest BCUT2D eigenvalue weighted by Gasteiger charge is -2.40. The van der Waals surface area contributed by atoms with Gasteiger partial charge in [-0.05, 0) is 27.2 Å². The van der Waals surface area contributed by atoms with Crippen LogP contribution in [0, 0.1) is 11.3 Å². The van der Waals surface area contributed by atoms with Crippen LogP contribution in [0.1, 0.15) is 27.2 Å². The van der Waals surface area contributed by atoms with Gasteiger partial charge in [-0.15, -0.1) is 0 Å². The number of amides is 1. The first-order chi connectivity index (χ1) is 7.23. The molecule has 16 heavy (non-hydrogen) atoms. The highest BCUT2D eigenvalue weighted by Crippen LogP contribution is 2.58. The minimum Gasteiger partial charge on any atom is -0.481 e. The molecule has 1 aliphatic heterocycles. The van der Waals surface area contributed by atoms with Crippen molar-refractivity contribution in [1.29, 1.82) is 0 Å². The second kappa shape index (κ2) is 3.12.